The maximum absolute atomic E-state index is 12.0. The van der Waals surface area contributed by atoms with E-state index in [0.29, 0.717) is 12.2 Å². The Hall–Kier alpha value is -2.66. The van der Waals surface area contributed by atoms with E-state index in [0.717, 1.165) is 47.1 Å². The molecule has 1 aliphatic carbocycles. The number of aromatic nitrogens is 1. The van der Waals surface area contributed by atoms with Crippen molar-refractivity contribution in [3.05, 3.63) is 64.5 Å². The van der Waals surface area contributed by atoms with Crippen LogP contribution in [0, 0.1) is 12.8 Å². The number of aryl methyl sites for hydroxylation is 1. The molecule has 2 heterocycles. The Balaban J connectivity index is 1.85. The van der Waals surface area contributed by atoms with Crippen molar-refractivity contribution in [2.75, 3.05) is 5.32 Å². The number of rotatable bonds is 8. The molecule has 1 aromatic heterocycles. The molecule has 0 saturated heterocycles. The van der Waals surface area contributed by atoms with Crippen LogP contribution in [-0.4, -0.2) is 28.1 Å². The average Bonchev–Trinajstić information content (AvgIpc) is 3.57. The number of pyridine rings is 1. The number of hydrogen-bond donors (Lipinski definition) is 3. The number of aliphatic hydroxyl groups is 1. The summed E-state index contributed by atoms with van der Waals surface area (Å²) in [4.78, 5) is 16.4. The first-order chi connectivity index (χ1) is 14.4. The van der Waals surface area contributed by atoms with E-state index in [4.69, 9.17) is 0 Å². The van der Waals surface area contributed by atoms with E-state index < -0.39 is 6.10 Å². The molecule has 0 aromatic carbocycles. The highest BCUT2D eigenvalue weighted by Crippen LogP contribution is 2.30. The van der Waals surface area contributed by atoms with E-state index in [1.54, 1.807) is 0 Å². The van der Waals surface area contributed by atoms with E-state index >= 15 is 0 Å². The van der Waals surface area contributed by atoms with Gasteiger partial charge in [0.15, 0.2) is 0 Å². The molecule has 1 aliphatic heterocycles. The third kappa shape index (κ3) is 5.48. The fourth-order valence-corrected chi connectivity index (χ4v) is 3.48. The summed E-state index contributed by atoms with van der Waals surface area (Å²) in [5.74, 6) is 0.839. The summed E-state index contributed by atoms with van der Waals surface area (Å²) in [6.07, 6.45) is 15.5. The summed E-state index contributed by atoms with van der Waals surface area (Å²) in [6, 6.07) is 1.87. The summed E-state index contributed by atoms with van der Waals surface area (Å²) in [5, 5.41) is 16.4. The fourth-order valence-electron chi connectivity index (χ4n) is 3.48. The van der Waals surface area contributed by atoms with Gasteiger partial charge in [-0.3, -0.25) is 4.79 Å². The number of nitrogens with one attached hydrogen (secondary N) is 2. The minimum atomic E-state index is -0.402. The molecule has 3 rings (SSSR count). The van der Waals surface area contributed by atoms with Crippen molar-refractivity contribution >= 4 is 17.8 Å². The van der Waals surface area contributed by atoms with Gasteiger partial charge in [0, 0.05) is 23.9 Å². The largest absolute Gasteiger partial charge is 0.391 e. The van der Waals surface area contributed by atoms with Crippen LogP contribution in [0.25, 0.3) is 6.08 Å². The average molecular weight is 408 g/mol. The van der Waals surface area contributed by atoms with Crippen molar-refractivity contribution in [1.29, 1.82) is 0 Å². The molecule has 3 N–H and O–H groups in total. The van der Waals surface area contributed by atoms with E-state index in [2.05, 4.69) is 53.8 Å². The Kier molecular flexibility index (Phi) is 7.27. The summed E-state index contributed by atoms with van der Waals surface area (Å²) >= 11 is 0. The second kappa shape index (κ2) is 9.90. The first kappa shape index (κ1) is 22.0. The van der Waals surface area contributed by atoms with Crippen molar-refractivity contribution in [2.24, 2.45) is 5.92 Å². The van der Waals surface area contributed by atoms with Crippen LogP contribution in [-0.2, 0) is 4.79 Å². The zero-order valence-electron chi connectivity index (χ0n) is 18.4. The molecule has 160 valence electrons. The van der Waals surface area contributed by atoms with Crippen molar-refractivity contribution < 1.29 is 9.90 Å². The van der Waals surface area contributed by atoms with Crippen molar-refractivity contribution in [2.45, 2.75) is 65.5 Å². The fraction of sp³-hybridized carbons (Fsp3) is 0.440. The van der Waals surface area contributed by atoms with Crippen molar-refractivity contribution in [1.82, 2.24) is 10.3 Å². The lowest BCUT2D eigenvalue weighted by atomic mass is 9.91. The van der Waals surface area contributed by atoms with Gasteiger partial charge in [-0.05, 0) is 73.9 Å². The number of carbonyl (C=O) groups is 1. The molecular weight excluding hydrogens is 374 g/mol. The first-order valence-corrected chi connectivity index (χ1v) is 10.9. The second-order valence-electron chi connectivity index (χ2n) is 8.18. The van der Waals surface area contributed by atoms with Crippen molar-refractivity contribution in [3.63, 3.8) is 0 Å². The van der Waals surface area contributed by atoms with Gasteiger partial charge in [0.25, 0.3) is 0 Å². The van der Waals surface area contributed by atoms with Crippen LogP contribution in [0.15, 0.2) is 53.4 Å². The van der Waals surface area contributed by atoms with Crippen molar-refractivity contribution in [3.8, 4) is 0 Å². The highest BCUT2D eigenvalue weighted by Gasteiger charge is 2.29. The second-order valence-corrected chi connectivity index (χ2v) is 8.18. The number of nitrogens with zero attached hydrogens (tertiary/aromatic N) is 1. The topological polar surface area (TPSA) is 74.2 Å². The van der Waals surface area contributed by atoms with Crippen LogP contribution >= 0.6 is 0 Å². The Morgan fingerprint density at radius 2 is 2.13 bits per heavy atom. The summed E-state index contributed by atoms with van der Waals surface area (Å²) in [6.45, 7) is 8.21. The molecule has 5 nitrogen and oxygen atoms in total. The number of aliphatic hydroxyl groups excluding tert-OH is 1. The van der Waals surface area contributed by atoms with Gasteiger partial charge in [0.05, 0.1) is 12.1 Å². The van der Waals surface area contributed by atoms with Crippen LogP contribution in [0.1, 0.15) is 57.6 Å². The monoisotopic (exact) mass is 407 g/mol. The highest BCUT2D eigenvalue weighted by molar-refractivity contribution is 5.93. The van der Waals surface area contributed by atoms with Crippen LogP contribution in [0.3, 0.4) is 0 Å². The van der Waals surface area contributed by atoms with Gasteiger partial charge in [-0.1, -0.05) is 32.1 Å². The number of allylic oxidation sites excluding steroid dienone is 5. The van der Waals surface area contributed by atoms with Gasteiger partial charge in [-0.2, -0.15) is 0 Å². The Bertz CT molecular complexity index is 907. The molecule has 30 heavy (non-hydrogen) atoms. The quantitative estimate of drug-likeness (QED) is 0.548. The zero-order chi connectivity index (χ0) is 21.7. The predicted octanol–water partition coefficient (Wildman–Crippen LogP) is 4.66. The van der Waals surface area contributed by atoms with Crippen LogP contribution in [0.5, 0.6) is 0 Å². The molecule has 5 heteroatoms. The lowest BCUT2D eigenvalue weighted by molar-refractivity contribution is -0.117. The molecule has 1 saturated carbocycles. The first-order valence-electron chi connectivity index (χ1n) is 10.9. The molecule has 0 bridgehead atoms. The minimum Gasteiger partial charge on any atom is -0.391 e. The van der Waals surface area contributed by atoms with E-state index in [9.17, 15) is 9.90 Å². The van der Waals surface area contributed by atoms with E-state index in [1.807, 2.05) is 32.3 Å². The van der Waals surface area contributed by atoms with Crippen LogP contribution in [0.4, 0.5) is 5.82 Å². The van der Waals surface area contributed by atoms with E-state index in [-0.39, 0.29) is 17.9 Å². The summed E-state index contributed by atoms with van der Waals surface area (Å²) in [7, 11) is 0. The van der Waals surface area contributed by atoms with Gasteiger partial charge in [-0.25, -0.2) is 4.98 Å². The molecule has 2 unspecified atom stereocenters. The molecule has 0 radical (unpaired) electrons. The highest BCUT2D eigenvalue weighted by atomic mass is 16.3. The number of dihydropyridines is 1. The maximum Gasteiger partial charge on any atom is 0.228 e. The van der Waals surface area contributed by atoms with E-state index in [1.165, 1.54) is 0 Å². The maximum atomic E-state index is 12.0. The predicted molar refractivity (Wildman–Crippen MR) is 123 cm³/mol. The standard InChI is InChI=1S/C25H33N3O2/c1-5-7-8-19(21-15-26-22(11-17(21)4)23(29)6-2)13-20-14-27-24(12-16(20)3)28-25(30)18-9-10-18/h7-8,11-15,18,22-23,26,29H,5-6,9-10H2,1-4H3,(H,27,28,30)/b8-7+,19-13+. The Morgan fingerprint density at radius 1 is 1.37 bits per heavy atom. The number of amides is 1. The molecule has 2 aliphatic rings. The summed E-state index contributed by atoms with van der Waals surface area (Å²) < 4.78 is 0. The number of anilines is 1. The van der Waals surface area contributed by atoms with Gasteiger partial charge >= 0.3 is 0 Å². The Morgan fingerprint density at radius 3 is 2.73 bits per heavy atom. The van der Waals surface area contributed by atoms with Crippen LogP contribution < -0.4 is 10.6 Å². The van der Waals surface area contributed by atoms with Crippen LogP contribution in [0.2, 0.25) is 0 Å². The smallest absolute Gasteiger partial charge is 0.228 e. The molecular formula is C25H33N3O2. The third-order valence-electron chi connectivity index (χ3n) is 5.61. The summed E-state index contributed by atoms with van der Waals surface area (Å²) in [5.41, 5.74) is 5.40. The molecule has 1 fully saturated rings. The van der Waals surface area contributed by atoms with Gasteiger partial charge in [-0.15, -0.1) is 0 Å². The van der Waals surface area contributed by atoms with Gasteiger partial charge in [0.2, 0.25) is 5.91 Å². The normalized spacial score (nSPS) is 20.4. The molecule has 0 spiro atoms. The lowest BCUT2D eigenvalue weighted by Crippen LogP contribution is -2.37. The third-order valence-corrected chi connectivity index (χ3v) is 5.61. The number of hydrogen-bond acceptors (Lipinski definition) is 4. The number of carbonyl (C=O) groups excluding carboxylic acids is 1. The zero-order valence-corrected chi connectivity index (χ0v) is 18.4. The SMILES string of the molecule is CC/C=C/C(=C\c1cnc(NC(=O)C2CC2)cc1C)C1=CNC(C(O)CC)C=C1C. The molecule has 1 aromatic rings. The molecule has 2 atom stereocenters. The van der Waals surface area contributed by atoms with Gasteiger partial charge in [0.1, 0.15) is 5.82 Å². The Labute approximate surface area is 179 Å². The molecule has 1 amide bonds. The minimum absolute atomic E-state index is 0.0621. The lowest BCUT2D eigenvalue weighted by Gasteiger charge is -2.26. The van der Waals surface area contributed by atoms with Gasteiger partial charge < -0.3 is 15.7 Å².